The molecule has 1 heterocycles. The van der Waals surface area contributed by atoms with E-state index in [1.165, 1.54) is 6.26 Å². The molecule has 2 aromatic rings. The largest absolute Gasteiger partial charge is 0.461 e. The Kier molecular flexibility index (Phi) is 5.70. The first-order valence-corrected chi connectivity index (χ1v) is 9.89. The zero-order valence-corrected chi connectivity index (χ0v) is 14.8. The fourth-order valence-corrected chi connectivity index (χ4v) is 3.40. The van der Waals surface area contributed by atoms with Crippen molar-refractivity contribution in [2.75, 3.05) is 18.6 Å². The smallest absolute Gasteiger partial charge is 0.354 e. The number of ether oxygens (including phenoxy) is 1. The molecule has 1 aromatic heterocycles. The number of hydrogen-bond acceptors (Lipinski definition) is 4. The van der Waals surface area contributed by atoms with Crippen molar-refractivity contribution in [3.8, 4) is 0 Å². The molecule has 0 bridgehead atoms. The number of unbranched alkanes of at least 4 members (excludes halogenated alkanes) is 1. The average Bonchev–Trinajstić information content (AvgIpc) is 2.80. The predicted molar refractivity (Wildman–Crippen MR) is 91.8 cm³/mol. The molecule has 1 aromatic carbocycles. The molecule has 0 radical (unpaired) electrons. The first-order valence-electron chi connectivity index (χ1n) is 7.45. The number of sulfone groups is 1. The Balaban J connectivity index is 2.27. The maximum absolute atomic E-state index is 12.1. The van der Waals surface area contributed by atoms with E-state index in [2.05, 4.69) is 0 Å². The van der Waals surface area contributed by atoms with Crippen LogP contribution in [0.3, 0.4) is 0 Å². The van der Waals surface area contributed by atoms with Gasteiger partial charge < -0.3 is 9.30 Å². The minimum atomic E-state index is -2.97. The van der Waals surface area contributed by atoms with Crippen LogP contribution in [0.15, 0.2) is 24.3 Å². The molecule has 0 unspecified atom stereocenters. The van der Waals surface area contributed by atoms with Gasteiger partial charge in [0, 0.05) is 34.5 Å². The molecular weight excluding hydrogens is 338 g/mol. The number of carbonyl (C=O) groups excluding carboxylic acids is 1. The van der Waals surface area contributed by atoms with Crippen molar-refractivity contribution in [2.24, 2.45) is 0 Å². The van der Waals surface area contributed by atoms with Crippen molar-refractivity contribution in [2.45, 2.75) is 26.3 Å². The molecule has 0 aliphatic carbocycles. The van der Waals surface area contributed by atoms with Crippen LogP contribution in [0.1, 0.15) is 30.3 Å². The van der Waals surface area contributed by atoms with Crippen LogP contribution in [0, 0.1) is 0 Å². The lowest BCUT2D eigenvalue weighted by molar-refractivity contribution is 0.0514. The number of nitrogens with zero attached hydrogens (tertiary/aromatic N) is 1. The number of fused-ring (bicyclic) bond motifs is 1. The summed E-state index contributed by atoms with van der Waals surface area (Å²) in [6.45, 7) is 2.61. The molecule has 0 amide bonds. The van der Waals surface area contributed by atoms with E-state index in [0.29, 0.717) is 36.7 Å². The van der Waals surface area contributed by atoms with E-state index >= 15 is 0 Å². The molecule has 0 aliphatic rings. The van der Waals surface area contributed by atoms with Gasteiger partial charge in [0.25, 0.3) is 0 Å². The summed E-state index contributed by atoms with van der Waals surface area (Å²) in [5.41, 5.74) is 1.35. The van der Waals surface area contributed by atoms with Crippen molar-refractivity contribution in [3.05, 3.63) is 35.0 Å². The monoisotopic (exact) mass is 357 g/mol. The van der Waals surface area contributed by atoms with Crippen LogP contribution >= 0.6 is 11.6 Å². The average molecular weight is 358 g/mol. The molecule has 5 nitrogen and oxygen atoms in total. The van der Waals surface area contributed by atoms with Crippen LogP contribution in [-0.4, -0.2) is 37.6 Å². The van der Waals surface area contributed by atoms with E-state index in [1.807, 2.05) is 10.6 Å². The number of rotatable bonds is 7. The van der Waals surface area contributed by atoms with Crippen molar-refractivity contribution in [3.63, 3.8) is 0 Å². The van der Waals surface area contributed by atoms with Gasteiger partial charge in [0.2, 0.25) is 0 Å². The molecule has 7 heteroatoms. The summed E-state index contributed by atoms with van der Waals surface area (Å²) in [7, 11) is -2.97. The highest BCUT2D eigenvalue weighted by molar-refractivity contribution is 7.90. The molecule has 0 saturated heterocycles. The highest BCUT2D eigenvalue weighted by atomic mass is 35.5. The van der Waals surface area contributed by atoms with E-state index in [9.17, 15) is 13.2 Å². The molecule has 2 rings (SSSR count). The third kappa shape index (κ3) is 4.72. The van der Waals surface area contributed by atoms with Gasteiger partial charge in [-0.3, -0.25) is 0 Å². The van der Waals surface area contributed by atoms with E-state index in [0.717, 1.165) is 10.9 Å². The van der Waals surface area contributed by atoms with Gasteiger partial charge in [-0.25, -0.2) is 13.2 Å². The fourth-order valence-electron chi connectivity index (χ4n) is 2.49. The highest BCUT2D eigenvalue weighted by Gasteiger charge is 2.16. The highest BCUT2D eigenvalue weighted by Crippen LogP contribution is 2.24. The third-order valence-electron chi connectivity index (χ3n) is 3.49. The van der Waals surface area contributed by atoms with Crippen molar-refractivity contribution >= 4 is 38.3 Å². The number of carbonyl (C=O) groups is 1. The van der Waals surface area contributed by atoms with Crippen molar-refractivity contribution in [1.29, 1.82) is 0 Å². The predicted octanol–water partition coefficient (Wildman–Crippen LogP) is 3.30. The van der Waals surface area contributed by atoms with Gasteiger partial charge in [0.1, 0.15) is 15.5 Å². The summed E-state index contributed by atoms with van der Waals surface area (Å²) >= 11 is 6.01. The molecule has 0 aliphatic heterocycles. The van der Waals surface area contributed by atoms with Crippen molar-refractivity contribution < 1.29 is 17.9 Å². The second-order valence-corrected chi connectivity index (χ2v) is 8.14. The standard InChI is InChI=1S/C16H20ClNO4S/c1-3-22-16(19)15-11-12-10-13(17)6-7-14(12)18(15)8-4-5-9-23(2,20)21/h6-7,10-11H,3-5,8-9H2,1-2H3. The van der Waals surface area contributed by atoms with Gasteiger partial charge in [-0.15, -0.1) is 0 Å². The van der Waals surface area contributed by atoms with Crippen LogP contribution in [0.5, 0.6) is 0 Å². The molecule has 0 atom stereocenters. The SMILES string of the molecule is CCOC(=O)c1cc2cc(Cl)ccc2n1CCCCS(C)(=O)=O. The summed E-state index contributed by atoms with van der Waals surface area (Å²) in [6.07, 6.45) is 2.43. The summed E-state index contributed by atoms with van der Waals surface area (Å²) < 4.78 is 29.4. The van der Waals surface area contributed by atoms with Gasteiger partial charge in [-0.2, -0.15) is 0 Å². The summed E-state index contributed by atoms with van der Waals surface area (Å²) in [4.78, 5) is 12.1. The number of halogens is 1. The zero-order chi connectivity index (χ0) is 17.0. The fraction of sp³-hybridized carbons (Fsp3) is 0.438. The van der Waals surface area contributed by atoms with Crippen LogP contribution in [-0.2, 0) is 21.1 Å². The van der Waals surface area contributed by atoms with Crippen molar-refractivity contribution in [1.82, 2.24) is 4.57 Å². The van der Waals surface area contributed by atoms with E-state index in [-0.39, 0.29) is 11.7 Å². The molecule has 0 saturated carbocycles. The Morgan fingerprint density at radius 1 is 1.26 bits per heavy atom. The van der Waals surface area contributed by atoms with Gasteiger partial charge in [0.15, 0.2) is 0 Å². The maximum atomic E-state index is 12.1. The second-order valence-electron chi connectivity index (χ2n) is 5.44. The molecule has 126 valence electrons. The Morgan fingerprint density at radius 2 is 2.00 bits per heavy atom. The molecule has 0 spiro atoms. The van der Waals surface area contributed by atoms with Crippen LogP contribution < -0.4 is 0 Å². The third-order valence-corrected chi connectivity index (χ3v) is 4.76. The van der Waals surface area contributed by atoms with E-state index in [1.54, 1.807) is 25.1 Å². The first-order chi connectivity index (χ1) is 10.8. The van der Waals surface area contributed by atoms with E-state index < -0.39 is 9.84 Å². The van der Waals surface area contributed by atoms with Crippen LogP contribution in [0.25, 0.3) is 10.9 Å². The molecule has 23 heavy (non-hydrogen) atoms. The number of hydrogen-bond donors (Lipinski definition) is 0. The van der Waals surface area contributed by atoms with Crippen LogP contribution in [0.2, 0.25) is 5.02 Å². The Bertz CT molecular complexity index is 811. The summed E-state index contributed by atoms with van der Waals surface area (Å²) in [6, 6.07) is 7.19. The Morgan fingerprint density at radius 3 is 2.65 bits per heavy atom. The minimum absolute atomic E-state index is 0.146. The summed E-state index contributed by atoms with van der Waals surface area (Å²) in [5.74, 6) is -0.241. The second kappa shape index (κ2) is 7.36. The Labute approximate surface area is 141 Å². The quantitative estimate of drug-likeness (QED) is 0.563. The topological polar surface area (TPSA) is 65.4 Å². The van der Waals surface area contributed by atoms with Gasteiger partial charge in [-0.05, 0) is 44.0 Å². The van der Waals surface area contributed by atoms with Gasteiger partial charge >= 0.3 is 5.97 Å². The number of esters is 1. The maximum Gasteiger partial charge on any atom is 0.354 e. The van der Waals surface area contributed by atoms with E-state index in [4.69, 9.17) is 16.3 Å². The minimum Gasteiger partial charge on any atom is -0.461 e. The molecule has 0 N–H and O–H groups in total. The van der Waals surface area contributed by atoms with Gasteiger partial charge in [-0.1, -0.05) is 11.6 Å². The van der Waals surface area contributed by atoms with Crippen LogP contribution in [0.4, 0.5) is 0 Å². The normalized spacial score (nSPS) is 11.8. The number of aryl methyl sites for hydroxylation is 1. The number of aromatic nitrogens is 1. The Hall–Kier alpha value is -1.53. The number of benzene rings is 1. The molecular formula is C16H20ClNO4S. The lowest BCUT2D eigenvalue weighted by Crippen LogP contribution is -2.13. The first kappa shape index (κ1) is 17.8. The summed E-state index contributed by atoms with van der Waals surface area (Å²) in [5, 5.41) is 1.46. The van der Waals surface area contributed by atoms with Gasteiger partial charge in [0.05, 0.1) is 6.61 Å². The lowest BCUT2D eigenvalue weighted by Gasteiger charge is -2.10. The molecule has 0 fully saturated rings. The lowest BCUT2D eigenvalue weighted by atomic mass is 10.2. The zero-order valence-electron chi connectivity index (χ0n) is 13.2.